The maximum atomic E-state index is 5.52. The van der Waals surface area contributed by atoms with E-state index < -0.39 is 0 Å². The van der Waals surface area contributed by atoms with Gasteiger partial charge in [-0.25, -0.2) is 0 Å². The van der Waals surface area contributed by atoms with Crippen LogP contribution in [0.4, 0.5) is 0 Å². The van der Waals surface area contributed by atoms with Crippen molar-refractivity contribution in [1.82, 2.24) is 10.6 Å². The minimum atomic E-state index is 0.478. The summed E-state index contributed by atoms with van der Waals surface area (Å²) in [6.07, 6.45) is 4.47. The average molecular weight is 198 g/mol. The van der Waals surface area contributed by atoms with Crippen molar-refractivity contribution >= 4 is 0 Å². The first kappa shape index (κ1) is 10.4. The zero-order valence-electron chi connectivity index (χ0n) is 9.09. The van der Waals surface area contributed by atoms with Gasteiger partial charge in [0.25, 0.3) is 0 Å². The largest absolute Gasteiger partial charge is 0.378 e. The zero-order chi connectivity index (χ0) is 9.80. The average Bonchev–Trinajstić information content (AvgIpc) is 2.89. The Kier molecular flexibility index (Phi) is 3.79. The highest BCUT2D eigenvalue weighted by Gasteiger charge is 2.21. The van der Waals surface area contributed by atoms with Gasteiger partial charge in [0.15, 0.2) is 0 Å². The van der Waals surface area contributed by atoms with Gasteiger partial charge in [-0.3, -0.25) is 0 Å². The fourth-order valence-electron chi connectivity index (χ4n) is 2.01. The maximum absolute atomic E-state index is 5.52. The van der Waals surface area contributed by atoms with E-state index in [2.05, 4.69) is 17.6 Å². The van der Waals surface area contributed by atoms with Crippen LogP contribution in [-0.4, -0.2) is 38.4 Å². The number of rotatable bonds is 6. The molecule has 82 valence electrons. The summed E-state index contributed by atoms with van der Waals surface area (Å²) in [4.78, 5) is 0. The predicted octanol–water partition coefficient (Wildman–Crippen LogP) is 0.753. The van der Waals surface area contributed by atoms with Crippen LogP contribution < -0.4 is 10.6 Å². The van der Waals surface area contributed by atoms with Gasteiger partial charge in [0.05, 0.1) is 12.7 Å². The third-order valence-corrected chi connectivity index (χ3v) is 3.03. The smallest absolute Gasteiger partial charge is 0.0551 e. The predicted molar refractivity (Wildman–Crippen MR) is 57.4 cm³/mol. The van der Waals surface area contributed by atoms with Crippen LogP contribution in [0.25, 0.3) is 0 Å². The standard InChI is InChI=1S/C11H22N2O/c1-9-6-10(8-14-9)7-12-4-5-13-11-2-3-11/h9-13H,2-8H2,1H3. The van der Waals surface area contributed by atoms with Crippen molar-refractivity contribution in [3.8, 4) is 0 Å². The Balaban J connectivity index is 1.42. The van der Waals surface area contributed by atoms with Gasteiger partial charge >= 0.3 is 0 Å². The van der Waals surface area contributed by atoms with Gasteiger partial charge in [0, 0.05) is 25.7 Å². The second-order valence-corrected chi connectivity index (χ2v) is 4.68. The van der Waals surface area contributed by atoms with Crippen molar-refractivity contribution < 1.29 is 4.74 Å². The highest BCUT2D eigenvalue weighted by molar-refractivity contribution is 4.81. The Hall–Kier alpha value is -0.120. The normalized spacial score (nSPS) is 32.4. The van der Waals surface area contributed by atoms with E-state index >= 15 is 0 Å². The lowest BCUT2D eigenvalue weighted by atomic mass is 10.1. The molecule has 14 heavy (non-hydrogen) atoms. The van der Waals surface area contributed by atoms with Gasteiger partial charge in [-0.05, 0) is 32.1 Å². The van der Waals surface area contributed by atoms with Gasteiger partial charge in [0.2, 0.25) is 0 Å². The Morgan fingerprint density at radius 1 is 1.29 bits per heavy atom. The lowest BCUT2D eigenvalue weighted by molar-refractivity contribution is 0.120. The molecule has 2 unspecified atom stereocenters. The fourth-order valence-corrected chi connectivity index (χ4v) is 2.01. The van der Waals surface area contributed by atoms with Gasteiger partial charge in [-0.2, -0.15) is 0 Å². The molecular weight excluding hydrogens is 176 g/mol. The summed E-state index contributed by atoms with van der Waals surface area (Å²) >= 11 is 0. The van der Waals surface area contributed by atoms with Crippen molar-refractivity contribution in [2.45, 2.75) is 38.3 Å². The van der Waals surface area contributed by atoms with E-state index in [1.54, 1.807) is 0 Å². The van der Waals surface area contributed by atoms with Crippen molar-refractivity contribution in [3.63, 3.8) is 0 Å². The molecule has 1 saturated carbocycles. The molecule has 0 bridgehead atoms. The van der Waals surface area contributed by atoms with Gasteiger partial charge < -0.3 is 15.4 Å². The molecule has 1 aliphatic heterocycles. The minimum Gasteiger partial charge on any atom is -0.378 e. The molecule has 2 N–H and O–H groups in total. The Morgan fingerprint density at radius 3 is 2.79 bits per heavy atom. The van der Waals surface area contributed by atoms with Crippen molar-refractivity contribution in [3.05, 3.63) is 0 Å². The van der Waals surface area contributed by atoms with E-state index in [-0.39, 0.29) is 0 Å². The number of hydrogen-bond donors (Lipinski definition) is 2. The summed E-state index contributed by atoms with van der Waals surface area (Å²) in [5.41, 5.74) is 0. The van der Waals surface area contributed by atoms with Crippen LogP contribution in [0, 0.1) is 5.92 Å². The highest BCUT2D eigenvalue weighted by atomic mass is 16.5. The topological polar surface area (TPSA) is 33.3 Å². The van der Waals surface area contributed by atoms with E-state index in [0.29, 0.717) is 6.10 Å². The molecule has 2 rings (SSSR count). The number of ether oxygens (including phenoxy) is 1. The molecule has 1 heterocycles. The summed E-state index contributed by atoms with van der Waals surface area (Å²) < 4.78 is 5.52. The lowest BCUT2D eigenvalue weighted by Gasteiger charge is -2.09. The van der Waals surface area contributed by atoms with Gasteiger partial charge in [-0.15, -0.1) is 0 Å². The summed E-state index contributed by atoms with van der Waals surface area (Å²) in [6.45, 7) is 6.45. The van der Waals surface area contributed by atoms with Crippen LogP contribution in [0.15, 0.2) is 0 Å². The molecule has 0 aromatic carbocycles. The molecule has 2 fully saturated rings. The van der Waals surface area contributed by atoms with Crippen LogP contribution in [-0.2, 0) is 4.74 Å². The Labute approximate surface area is 86.6 Å². The first-order valence-corrected chi connectivity index (χ1v) is 5.90. The van der Waals surface area contributed by atoms with E-state index in [1.165, 1.54) is 19.3 Å². The minimum absolute atomic E-state index is 0.478. The molecule has 0 spiro atoms. The summed E-state index contributed by atoms with van der Waals surface area (Å²) in [6, 6.07) is 0.839. The van der Waals surface area contributed by atoms with E-state index in [9.17, 15) is 0 Å². The third kappa shape index (κ3) is 3.56. The Morgan fingerprint density at radius 2 is 2.14 bits per heavy atom. The molecule has 3 heteroatoms. The molecule has 2 atom stereocenters. The molecule has 0 amide bonds. The van der Waals surface area contributed by atoms with Crippen molar-refractivity contribution in [2.24, 2.45) is 5.92 Å². The van der Waals surface area contributed by atoms with E-state index in [4.69, 9.17) is 4.74 Å². The fraction of sp³-hybridized carbons (Fsp3) is 1.00. The van der Waals surface area contributed by atoms with Crippen LogP contribution in [0.2, 0.25) is 0 Å². The molecule has 0 aromatic heterocycles. The number of hydrogen-bond acceptors (Lipinski definition) is 3. The SMILES string of the molecule is CC1CC(CNCCNC2CC2)CO1. The van der Waals surface area contributed by atoms with E-state index in [1.807, 2.05) is 0 Å². The zero-order valence-corrected chi connectivity index (χ0v) is 9.09. The molecule has 0 aromatic rings. The Bertz CT molecular complexity index is 171. The van der Waals surface area contributed by atoms with E-state index in [0.717, 1.165) is 38.2 Å². The van der Waals surface area contributed by atoms with Gasteiger partial charge in [-0.1, -0.05) is 0 Å². The molecule has 1 saturated heterocycles. The highest BCUT2D eigenvalue weighted by Crippen LogP contribution is 2.18. The maximum Gasteiger partial charge on any atom is 0.0551 e. The first-order chi connectivity index (χ1) is 6.84. The van der Waals surface area contributed by atoms with Crippen LogP contribution >= 0.6 is 0 Å². The number of nitrogens with one attached hydrogen (secondary N) is 2. The molecular formula is C11H22N2O. The van der Waals surface area contributed by atoms with Crippen LogP contribution in [0.3, 0.4) is 0 Å². The third-order valence-electron chi connectivity index (χ3n) is 3.03. The molecule has 3 nitrogen and oxygen atoms in total. The van der Waals surface area contributed by atoms with Crippen LogP contribution in [0.1, 0.15) is 26.2 Å². The van der Waals surface area contributed by atoms with Crippen molar-refractivity contribution in [1.29, 1.82) is 0 Å². The second kappa shape index (κ2) is 5.10. The molecule has 0 radical (unpaired) electrons. The molecule has 1 aliphatic carbocycles. The quantitative estimate of drug-likeness (QED) is 0.618. The van der Waals surface area contributed by atoms with Crippen molar-refractivity contribution in [2.75, 3.05) is 26.2 Å². The summed E-state index contributed by atoms with van der Waals surface area (Å²) in [5, 5.41) is 6.99. The molecule has 2 aliphatic rings. The lowest BCUT2D eigenvalue weighted by Crippen LogP contribution is -2.31. The van der Waals surface area contributed by atoms with Crippen LogP contribution in [0.5, 0.6) is 0 Å². The first-order valence-electron chi connectivity index (χ1n) is 5.90. The summed E-state index contributed by atoms with van der Waals surface area (Å²) in [5.74, 6) is 0.742. The van der Waals surface area contributed by atoms with Gasteiger partial charge in [0.1, 0.15) is 0 Å². The monoisotopic (exact) mass is 198 g/mol. The second-order valence-electron chi connectivity index (χ2n) is 4.68. The summed E-state index contributed by atoms with van der Waals surface area (Å²) in [7, 11) is 0.